The Hall–Kier alpha value is -1.43. The van der Waals surface area contributed by atoms with Gasteiger partial charge in [-0.05, 0) is 26.7 Å². The van der Waals surface area contributed by atoms with E-state index in [1.165, 1.54) is 0 Å². The first-order valence-electron chi connectivity index (χ1n) is 7.05. The Kier molecular flexibility index (Phi) is 5.11. The van der Waals surface area contributed by atoms with Crippen molar-refractivity contribution in [1.29, 1.82) is 0 Å². The predicted molar refractivity (Wildman–Crippen MR) is 78.5 cm³/mol. The lowest BCUT2D eigenvalue weighted by Crippen LogP contribution is -2.29. The molecule has 0 saturated carbocycles. The fourth-order valence-electron chi connectivity index (χ4n) is 2.34. The van der Waals surface area contributed by atoms with E-state index in [0.29, 0.717) is 19.4 Å². The maximum atomic E-state index is 11.8. The summed E-state index contributed by atoms with van der Waals surface area (Å²) in [5.41, 5.74) is 0.913. The Morgan fingerprint density at radius 2 is 2.40 bits per heavy atom. The molecule has 1 fully saturated rings. The molecule has 0 aromatic carbocycles. The second-order valence-corrected chi connectivity index (χ2v) is 6.23. The second kappa shape index (κ2) is 6.83. The molecule has 1 N–H and O–H groups in total. The van der Waals surface area contributed by atoms with Gasteiger partial charge in [-0.1, -0.05) is 0 Å². The minimum Gasteiger partial charge on any atom is -0.348 e. The summed E-state index contributed by atoms with van der Waals surface area (Å²) in [4.78, 5) is 29.5. The summed E-state index contributed by atoms with van der Waals surface area (Å²) in [6.45, 7) is 5.43. The van der Waals surface area contributed by atoms with Crippen LogP contribution in [-0.4, -0.2) is 34.8 Å². The van der Waals surface area contributed by atoms with Crippen molar-refractivity contribution in [2.24, 2.45) is 0 Å². The second-order valence-electron chi connectivity index (χ2n) is 5.17. The minimum absolute atomic E-state index is 0.0230. The van der Waals surface area contributed by atoms with E-state index in [1.54, 1.807) is 11.3 Å². The summed E-state index contributed by atoms with van der Waals surface area (Å²) in [5, 5.41) is 5.93. The summed E-state index contributed by atoms with van der Waals surface area (Å²) in [7, 11) is 0. The normalized spacial score (nSPS) is 16.5. The smallest absolute Gasteiger partial charge is 0.222 e. The largest absolute Gasteiger partial charge is 0.348 e. The monoisotopic (exact) mass is 295 g/mol. The van der Waals surface area contributed by atoms with Crippen molar-refractivity contribution in [3.05, 3.63) is 16.1 Å². The quantitative estimate of drug-likeness (QED) is 0.873. The SMILES string of the molecule is Cc1nc(C(C)NC(=O)CCCN2CCCC2=O)cs1. The van der Waals surface area contributed by atoms with Gasteiger partial charge >= 0.3 is 0 Å². The molecule has 1 saturated heterocycles. The van der Waals surface area contributed by atoms with Gasteiger partial charge in [0.15, 0.2) is 0 Å². The van der Waals surface area contributed by atoms with E-state index < -0.39 is 0 Å². The highest BCUT2D eigenvalue weighted by Gasteiger charge is 2.19. The summed E-state index contributed by atoms with van der Waals surface area (Å²) in [6.07, 6.45) is 2.79. The first kappa shape index (κ1) is 15.0. The van der Waals surface area contributed by atoms with Gasteiger partial charge in [0.2, 0.25) is 11.8 Å². The molecular formula is C14H21N3O2S. The molecule has 1 aromatic heterocycles. The van der Waals surface area contributed by atoms with Gasteiger partial charge in [-0.3, -0.25) is 9.59 Å². The third-order valence-corrected chi connectivity index (χ3v) is 4.25. The molecule has 0 aliphatic carbocycles. The molecule has 6 heteroatoms. The van der Waals surface area contributed by atoms with E-state index in [0.717, 1.165) is 30.1 Å². The molecule has 0 spiro atoms. The molecule has 0 bridgehead atoms. The van der Waals surface area contributed by atoms with Crippen LogP contribution in [0.4, 0.5) is 0 Å². The average Bonchev–Trinajstić information content (AvgIpc) is 2.99. The minimum atomic E-state index is -0.0548. The summed E-state index contributed by atoms with van der Waals surface area (Å²) in [6, 6.07) is -0.0548. The van der Waals surface area contributed by atoms with Crippen LogP contribution in [0.3, 0.4) is 0 Å². The van der Waals surface area contributed by atoms with E-state index >= 15 is 0 Å². The van der Waals surface area contributed by atoms with Crippen LogP contribution in [0.15, 0.2) is 5.38 Å². The van der Waals surface area contributed by atoms with Gasteiger partial charge in [-0.25, -0.2) is 4.98 Å². The van der Waals surface area contributed by atoms with Crippen molar-refractivity contribution in [3.8, 4) is 0 Å². The van der Waals surface area contributed by atoms with E-state index in [2.05, 4.69) is 10.3 Å². The van der Waals surface area contributed by atoms with Gasteiger partial charge in [-0.15, -0.1) is 11.3 Å². The fraction of sp³-hybridized carbons (Fsp3) is 0.643. The molecule has 1 atom stereocenters. The van der Waals surface area contributed by atoms with Crippen molar-refractivity contribution < 1.29 is 9.59 Å². The molecule has 2 heterocycles. The van der Waals surface area contributed by atoms with Crippen molar-refractivity contribution in [1.82, 2.24) is 15.2 Å². The van der Waals surface area contributed by atoms with Crippen molar-refractivity contribution in [3.63, 3.8) is 0 Å². The highest BCUT2D eigenvalue weighted by Crippen LogP contribution is 2.16. The Morgan fingerprint density at radius 3 is 3.00 bits per heavy atom. The topological polar surface area (TPSA) is 62.3 Å². The molecule has 20 heavy (non-hydrogen) atoms. The zero-order chi connectivity index (χ0) is 14.5. The number of hydrogen-bond acceptors (Lipinski definition) is 4. The third kappa shape index (κ3) is 4.03. The van der Waals surface area contributed by atoms with Gasteiger partial charge in [0, 0.05) is 31.3 Å². The number of thiazole rings is 1. The number of likely N-dealkylation sites (tertiary alicyclic amines) is 1. The third-order valence-electron chi connectivity index (χ3n) is 3.46. The molecule has 1 aromatic rings. The van der Waals surface area contributed by atoms with Crippen LogP contribution >= 0.6 is 11.3 Å². The summed E-state index contributed by atoms with van der Waals surface area (Å²) >= 11 is 1.59. The Balaban J connectivity index is 1.68. The Morgan fingerprint density at radius 1 is 1.60 bits per heavy atom. The maximum Gasteiger partial charge on any atom is 0.222 e. The lowest BCUT2D eigenvalue weighted by atomic mass is 10.2. The number of nitrogens with zero attached hydrogens (tertiary/aromatic N) is 2. The van der Waals surface area contributed by atoms with Crippen LogP contribution in [-0.2, 0) is 9.59 Å². The first-order valence-corrected chi connectivity index (χ1v) is 7.93. The van der Waals surface area contributed by atoms with Gasteiger partial charge in [0.1, 0.15) is 0 Å². The number of nitrogens with one attached hydrogen (secondary N) is 1. The molecular weight excluding hydrogens is 274 g/mol. The average molecular weight is 295 g/mol. The number of aromatic nitrogens is 1. The van der Waals surface area contributed by atoms with E-state index in [9.17, 15) is 9.59 Å². The summed E-state index contributed by atoms with van der Waals surface area (Å²) in [5.74, 6) is 0.242. The van der Waals surface area contributed by atoms with Crippen molar-refractivity contribution in [2.75, 3.05) is 13.1 Å². The van der Waals surface area contributed by atoms with Crippen LogP contribution in [0, 0.1) is 6.92 Å². The van der Waals surface area contributed by atoms with Crippen molar-refractivity contribution >= 4 is 23.2 Å². The van der Waals surface area contributed by atoms with Crippen LogP contribution in [0.2, 0.25) is 0 Å². The maximum absolute atomic E-state index is 11.8. The fourth-order valence-corrected chi connectivity index (χ4v) is 3.04. The number of carbonyl (C=O) groups is 2. The van der Waals surface area contributed by atoms with Gasteiger partial charge in [0.05, 0.1) is 16.7 Å². The van der Waals surface area contributed by atoms with E-state index in [4.69, 9.17) is 0 Å². The zero-order valence-corrected chi connectivity index (χ0v) is 12.8. The molecule has 2 amide bonds. The van der Waals surface area contributed by atoms with E-state index in [-0.39, 0.29) is 17.9 Å². The molecule has 110 valence electrons. The van der Waals surface area contributed by atoms with Crippen LogP contribution in [0.1, 0.15) is 49.4 Å². The zero-order valence-electron chi connectivity index (χ0n) is 12.0. The number of aryl methyl sites for hydroxylation is 1. The lowest BCUT2D eigenvalue weighted by molar-refractivity contribution is -0.128. The molecule has 1 aliphatic rings. The predicted octanol–water partition coefficient (Wildman–Crippen LogP) is 2.03. The first-order chi connectivity index (χ1) is 9.56. The number of carbonyl (C=O) groups excluding carboxylic acids is 2. The van der Waals surface area contributed by atoms with Gasteiger partial charge in [0.25, 0.3) is 0 Å². The number of rotatable bonds is 6. The number of hydrogen-bond donors (Lipinski definition) is 1. The number of amides is 2. The molecule has 1 unspecified atom stereocenters. The lowest BCUT2D eigenvalue weighted by Gasteiger charge is -2.16. The molecule has 5 nitrogen and oxygen atoms in total. The van der Waals surface area contributed by atoms with Crippen LogP contribution < -0.4 is 5.32 Å². The van der Waals surface area contributed by atoms with E-state index in [1.807, 2.05) is 24.1 Å². The van der Waals surface area contributed by atoms with Gasteiger partial charge < -0.3 is 10.2 Å². The highest BCUT2D eigenvalue weighted by molar-refractivity contribution is 7.09. The standard InChI is InChI=1S/C14H21N3O2S/c1-10(12-9-20-11(2)16-12)15-13(18)5-3-7-17-8-4-6-14(17)19/h9-10H,3-8H2,1-2H3,(H,15,18). The molecule has 1 aliphatic heterocycles. The van der Waals surface area contributed by atoms with Crippen LogP contribution in [0.5, 0.6) is 0 Å². The Bertz CT molecular complexity index is 487. The van der Waals surface area contributed by atoms with Gasteiger partial charge in [-0.2, -0.15) is 0 Å². The molecule has 2 rings (SSSR count). The van der Waals surface area contributed by atoms with Crippen LogP contribution in [0.25, 0.3) is 0 Å². The summed E-state index contributed by atoms with van der Waals surface area (Å²) < 4.78 is 0. The highest BCUT2D eigenvalue weighted by atomic mass is 32.1. The molecule has 0 radical (unpaired) electrons. The van der Waals surface area contributed by atoms with Crippen molar-refractivity contribution in [2.45, 2.75) is 45.6 Å². The Labute approximate surface area is 123 Å².